The van der Waals surface area contributed by atoms with Crippen LogP contribution in [0.3, 0.4) is 0 Å². The highest BCUT2D eigenvalue weighted by Crippen LogP contribution is 2.19. The summed E-state index contributed by atoms with van der Waals surface area (Å²) in [4.78, 5) is 28.7. The summed E-state index contributed by atoms with van der Waals surface area (Å²) >= 11 is 0. The number of aromatic nitrogens is 3. The number of rotatable bonds is 5. The van der Waals surface area contributed by atoms with E-state index in [1.807, 2.05) is 68.4 Å². The van der Waals surface area contributed by atoms with Crippen molar-refractivity contribution in [1.29, 1.82) is 0 Å². The lowest BCUT2D eigenvalue weighted by Gasteiger charge is -2.11. The molecule has 0 saturated carbocycles. The van der Waals surface area contributed by atoms with Gasteiger partial charge in [-0.3, -0.25) is 5.32 Å². The summed E-state index contributed by atoms with van der Waals surface area (Å²) in [7, 11) is 0. The minimum Gasteiger partial charge on any atom is -0.308 e. The Balaban J connectivity index is 1.35. The molecule has 33 heavy (non-hydrogen) atoms. The number of para-hydroxylation sites is 1. The van der Waals surface area contributed by atoms with Crippen LogP contribution >= 0.6 is 0 Å². The zero-order chi connectivity index (χ0) is 23.2. The number of urea groups is 2. The lowest BCUT2D eigenvalue weighted by Crippen LogP contribution is -2.37. The van der Waals surface area contributed by atoms with Crippen molar-refractivity contribution in [3.05, 3.63) is 90.3 Å². The van der Waals surface area contributed by atoms with E-state index in [0.717, 1.165) is 23.2 Å². The summed E-state index contributed by atoms with van der Waals surface area (Å²) in [5.74, 6) is 0.570. The number of imide groups is 1. The van der Waals surface area contributed by atoms with Gasteiger partial charge in [-0.25, -0.2) is 19.3 Å². The van der Waals surface area contributed by atoms with Crippen molar-refractivity contribution in [2.24, 2.45) is 0 Å². The first kappa shape index (κ1) is 21.8. The number of hydrogen-bond acceptors (Lipinski definition) is 4. The fourth-order valence-corrected chi connectivity index (χ4v) is 3.29. The van der Waals surface area contributed by atoms with E-state index in [2.05, 4.69) is 26.0 Å². The number of carbonyl (C=O) groups excluding carboxylic acids is 2. The predicted octanol–water partition coefficient (Wildman–Crippen LogP) is 5.16. The van der Waals surface area contributed by atoms with Crippen LogP contribution in [0.2, 0.25) is 0 Å². The number of benzene rings is 3. The van der Waals surface area contributed by atoms with Gasteiger partial charge in [-0.05, 0) is 61.4 Å². The molecule has 0 saturated heterocycles. The normalized spacial score (nSPS) is 10.5. The molecule has 0 aliphatic rings. The van der Waals surface area contributed by atoms with Crippen LogP contribution in [0.15, 0.2) is 79.1 Å². The van der Waals surface area contributed by atoms with Gasteiger partial charge in [0.2, 0.25) is 0 Å². The smallest absolute Gasteiger partial charge is 0.308 e. The van der Waals surface area contributed by atoms with Crippen LogP contribution in [0.25, 0.3) is 17.1 Å². The molecule has 0 bridgehead atoms. The second-order valence-electron chi connectivity index (χ2n) is 7.47. The number of anilines is 2. The SMILES string of the molecule is CCc1ccccc1NC(=O)NC(=O)Nc1ccc(-c2ncn(-c3ccc(C)cc3)n2)cc1. The molecule has 0 aliphatic heterocycles. The van der Waals surface area contributed by atoms with Gasteiger partial charge in [0.15, 0.2) is 5.82 Å². The second kappa shape index (κ2) is 9.78. The highest BCUT2D eigenvalue weighted by atomic mass is 16.2. The quantitative estimate of drug-likeness (QED) is 0.399. The first-order chi connectivity index (χ1) is 16.0. The summed E-state index contributed by atoms with van der Waals surface area (Å²) in [5.41, 5.74) is 5.11. The van der Waals surface area contributed by atoms with Crippen LogP contribution in [0, 0.1) is 6.92 Å². The highest BCUT2D eigenvalue weighted by molar-refractivity contribution is 6.05. The van der Waals surface area contributed by atoms with Gasteiger partial charge in [0.25, 0.3) is 0 Å². The van der Waals surface area contributed by atoms with E-state index in [1.54, 1.807) is 29.2 Å². The molecule has 8 heteroatoms. The zero-order valence-corrected chi connectivity index (χ0v) is 18.4. The Kier molecular flexibility index (Phi) is 6.45. The van der Waals surface area contributed by atoms with Crippen LogP contribution in [0.4, 0.5) is 21.0 Å². The zero-order valence-electron chi connectivity index (χ0n) is 18.4. The van der Waals surface area contributed by atoms with Crippen molar-refractivity contribution < 1.29 is 9.59 Å². The Bertz CT molecular complexity index is 1260. The van der Waals surface area contributed by atoms with Gasteiger partial charge in [0, 0.05) is 16.9 Å². The Hall–Kier alpha value is -4.46. The molecule has 4 aromatic rings. The van der Waals surface area contributed by atoms with Crippen molar-refractivity contribution in [2.45, 2.75) is 20.3 Å². The van der Waals surface area contributed by atoms with Gasteiger partial charge in [-0.1, -0.05) is 42.8 Å². The van der Waals surface area contributed by atoms with E-state index in [9.17, 15) is 9.59 Å². The Labute approximate surface area is 191 Å². The Morgan fingerprint density at radius 3 is 2.30 bits per heavy atom. The molecule has 0 atom stereocenters. The number of carbonyl (C=O) groups is 2. The van der Waals surface area contributed by atoms with Gasteiger partial charge >= 0.3 is 12.1 Å². The summed E-state index contributed by atoms with van der Waals surface area (Å²) in [5, 5.41) is 12.1. The average Bonchev–Trinajstić information content (AvgIpc) is 3.30. The molecule has 166 valence electrons. The van der Waals surface area contributed by atoms with Crippen molar-refractivity contribution >= 4 is 23.4 Å². The van der Waals surface area contributed by atoms with Gasteiger partial charge in [-0.15, -0.1) is 5.10 Å². The van der Waals surface area contributed by atoms with E-state index in [4.69, 9.17) is 0 Å². The molecule has 3 N–H and O–H groups in total. The van der Waals surface area contributed by atoms with Gasteiger partial charge < -0.3 is 10.6 Å². The van der Waals surface area contributed by atoms with E-state index >= 15 is 0 Å². The molecule has 0 aliphatic carbocycles. The molecular weight excluding hydrogens is 416 g/mol. The third-order valence-corrected chi connectivity index (χ3v) is 5.06. The van der Waals surface area contributed by atoms with Crippen LogP contribution < -0.4 is 16.0 Å². The minimum absolute atomic E-state index is 0.538. The second-order valence-corrected chi connectivity index (χ2v) is 7.47. The van der Waals surface area contributed by atoms with Gasteiger partial charge in [-0.2, -0.15) is 0 Å². The molecule has 3 aromatic carbocycles. The van der Waals surface area contributed by atoms with Crippen LogP contribution in [-0.2, 0) is 6.42 Å². The van der Waals surface area contributed by atoms with Gasteiger partial charge in [0.05, 0.1) is 5.69 Å². The summed E-state index contributed by atoms with van der Waals surface area (Å²) in [6, 6.07) is 21.3. The summed E-state index contributed by atoms with van der Waals surface area (Å²) < 4.78 is 1.71. The molecule has 0 radical (unpaired) electrons. The summed E-state index contributed by atoms with van der Waals surface area (Å²) in [6.45, 7) is 4.03. The largest absolute Gasteiger partial charge is 0.327 e. The van der Waals surface area contributed by atoms with Gasteiger partial charge in [0.1, 0.15) is 6.33 Å². The molecule has 0 spiro atoms. The van der Waals surface area contributed by atoms with Crippen LogP contribution in [0.5, 0.6) is 0 Å². The maximum atomic E-state index is 12.2. The standard InChI is InChI=1S/C25H24N6O2/c1-3-18-6-4-5-7-22(18)28-25(33)29-24(32)27-20-12-10-19(11-13-20)23-26-16-31(30-23)21-14-8-17(2)9-15-21/h4-16H,3H2,1-2H3,(H3,27,28,29,32,33). The number of nitrogens with zero attached hydrogens (tertiary/aromatic N) is 3. The molecule has 1 heterocycles. The number of nitrogens with one attached hydrogen (secondary N) is 3. The van der Waals surface area contributed by atoms with E-state index < -0.39 is 12.1 Å². The molecular formula is C25H24N6O2. The average molecular weight is 441 g/mol. The molecule has 4 rings (SSSR count). The van der Waals surface area contributed by atoms with Crippen molar-refractivity contribution in [3.63, 3.8) is 0 Å². The maximum Gasteiger partial charge on any atom is 0.327 e. The molecule has 8 nitrogen and oxygen atoms in total. The fourth-order valence-electron chi connectivity index (χ4n) is 3.29. The summed E-state index contributed by atoms with van der Waals surface area (Å²) in [6.07, 6.45) is 2.43. The Morgan fingerprint density at radius 2 is 1.58 bits per heavy atom. The van der Waals surface area contributed by atoms with Crippen molar-refractivity contribution in [2.75, 3.05) is 10.6 Å². The van der Waals surface area contributed by atoms with Crippen LogP contribution in [0.1, 0.15) is 18.1 Å². The molecule has 0 unspecified atom stereocenters. The first-order valence-corrected chi connectivity index (χ1v) is 10.6. The monoisotopic (exact) mass is 440 g/mol. The van der Waals surface area contributed by atoms with Crippen molar-refractivity contribution in [3.8, 4) is 17.1 Å². The van der Waals surface area contributed by atoms with E-state index in [1.165, 1.54) is 5.56 Å². The topological polar surface area (TPSA) is 101 Å². The lowest BCUT2D eigenvalue weighted by molar-refractivity contribution is 0.240. The molecule has 1 aromatic heterocycles. The third-order valence-electron chi connectivity index (χ3n) is 5.06. The highest BCUT2D eigenvalue weighted by Gasteiger charge is 2.11. The third kappa shape index (κ3) is 5.43. The maximum absolute atomic E-state index is 12.2. The number of aryl methyl sites for hydroxylation is 2. The number of hydrogen-bond donors (Lipinski definition) is 3. The van der Waals surface area contributed by atoms with E-state index in [0.29, 0.717) is 17.2 Å². The Morgan fingerprint density at radius 1 is 0.879 bits per heavy atom. The molecule has 4 amide bonds. The predicted molar refractivity (Wildman–Crippen MR) is 129 cm³/mol. The van der Waals surface area contributed by atoms with Crippen LogP contribution in [-0.4, -0.2) is 26.8 Å². The molecule has 0 fully saturated rings. The van der Waals surface area contributed by atoms with E-state index in [-0.39, 0.29) is 0 Å². The number of amides is 4. The van der Waals surface area contributed by atoms with Crippen molar-refractivity contribution in [1.82, 2.24) is 20.1 Å². The lowest BCUT2D eigenvalue weighted by atomic mass is 10.1. The minimum atomic E-state index is -0.629. The first-order valence-electron chi connectivity index (χ1n) is 10.6. The fraction of sp³-hybridized carbons (Fsp3) is 0.120.